The zero-order valence-corrected chi connectivity index (χ0v) is 20.1. The molecule has 5 fully saturated rings. The standard InChI is InChI=1S/C26H46N2O/c1-16(27-6)21-17(29)14-24(5)19-9-8-18-22(2,3)20(28-7)10-11-25(18)15-26(19,25)13-12-23(21,24)4/h16-21,27-29H,8-15H2,1-7H3/t16-,17+,18-,19-,20-,21-,23+,24?,25+,26?/m0/s1. The Kier molecular flexibility index (Phi) is 4.31. The summed E-state index contributed by atoms with van der Waals surface area (Å²) in [4.78, 5) is 0. The molecule has 0 bridgehead atoms. The molecule has 0 amide bonds. The monoisotopic (exact) mass is 402 g/mol. The van der Waals surface area contributed by atoms with Gasteiger partial charge in [-0.1, -0.05) is 27.7 Å². The first kappa shape index (κ1) is 20.8. The second-order valence-electron chi connectivity index (χ2n) is 13.1. The van der Waals surface area contributed by atoms with Crippen molar-refractivity contribution in [3.63, 3.8) is 0 Å². The highest BCUT2D eigenvalue weighted by Gasteiger charge is 2.82. The zero-order chi connectivity index (χ0) is 21.0. The van der Waals surface area contributed by atoms with Crippen LogP contribution in [0.1, 0.15) is 86.0 Å². The van der Waals surface area contributed by atoms with Crippen LogP contribution in [0.4, 0.5) is 0 Å². The lowest BCUT2D eigenvalue weighted by Gasteiger charge is -2.63. The van der Waals surface area contributed by atoms with E-state index in [0.29, 0.717) is 39.7 Å². The van der Waals surface area contributed by atoms with Crippen LogP contribution in [0.3, 0.4) is 0 Å². The molecule has 5 aliphatic carbocycles. The maximum Gasteiger partial charge on any atom is 0.0594 e. The predicted octanol–water partition coefficient (Wildman–Crippen LogP) is 4.59. The average molecular weight is 403 g/mol. The third kappa shape index (κ3) is 2.16. The average Bonchev–Trinajstić information content (AvgIpc) is 3.26. The fourth-order valence-electron chi connectivity index (χ4n) is 11.1. The smallest absolute Gasteiger partial charge is 0.0594 e. The summed E-state index contributed by atoms with van der Waals surface area (Å²) in [7, 11) is 4.25. The van der Waals surface area contributed by atoms with Crippen LogP contribution in [0.5, 0.6) is 0 Å². The van der Waals surface area contributed by atoms with Crippen LogP contribution in [0, 0.1) is 44.8 Å². The Labute approximate surface area is 179 Å². The molecule has 29 heavy (non-hydrogen) atoms. The molecule has 3 N–H and O–H groups in total. The molecule has 0 radical (unpaired) electrons. The van der Waals surface area contributed by atoms with Crippen molar-refractivity contribution >= 4 is 0 Å². The van der Waals surface area contributed by atoms with Gasteiger partial charge in [-0.15, -0.1) is 0 Å². The molecule has 0 aromatic rings. The first-order chi connectivity index (χ1) is 13.5. The Hall–Kier alpha value is -0.120. The van der Waals surface area contributed by atoms with Gasteiger partial charge in [-0.2, -0.15) is 0 Å². The molecule has 2 unspecified atom stereocenters. The number of nitrogens with one attached hydrogen (secondary N) is 2. The van der Waals surface area contributed by atoms with Crippen molar-refractivity contribution in [1.82, 2.24) is 10.6 Å². The van der Waals surface area contributed by atoms with Crippen molar-refractivity contribution in [2.45, 2.75) is 104 Å². The molecular weight excluding hydrogens is 356 g/mol. The summed E-state index contributed by atoms with van der Waals surface area (Å²) >= 11 is 0. The highest BCUT2D eigenvalue weighted by atomic mass is 16.3. The van der Waals surface area contributed by atoms with Gasteiger partial charge in [0, 0.05) is 18.0 Å². The molecule has 5 rings (SSSR count). The highest BCUT2D eigenvalue weighted by molar-refractivity contribution is 5.31. The van der Waals surface area contributed by atoms with Crippen molar-refractivity contribution in [2.75, 3.05) is 14.1 Å². The minimum absolute atomic E-state index is 0.147. The Bertz CT molecular complexity index is 692. The molecule has 3 nitrogen and oxygen atoms in total. The second-order valence-corrected chi connectivity index (χ2v) is 13.1. The van der Waals surface area contributed by atoms with Crippen LogP contribution in [-0.4, -0.2) is 37.4 Å². The van der Waals surface area contributed by atoms with Gasteiger partial charge >= 0.3 is 0 Å². The predicted molar refractivity (Wildman–Crippen MR) is 120 cm³/mol. The van der Waals surface area contributed by atoms with E-state index in [2.05, 4.69) is 59.3 Å². The minimum Gasteiger partial charge on any atom is -0.393 e. The van der Waals surface area contributed by atoms with Crippen LogP contribution in [0.25, 0.3) is 0 Å². The first-order valence-electron chi connectivity index (χ1n) is 12.6. The van der Waals surface area contributed by atoms with Gasteiger partial charge in [-0.3, -0.25) is 0 Å². The summed E-state index contributed by atoms with van der Waals surface area (Å²) in [6.07, 6.45) is 10.7. The van der Waals surface area contributed by atoms with Crippen molar-refractivity contribution in [1.29, 1.82) is 0 Å². The SMILES string of the molecule is CN[C@@H](C)[C@H]1[C@H](O)CC2(C)[C@@H]3CC[C@H]4C(C)(C)[C@@H](NC)CC[C@@]45CC35CC[C@]12C. The molecular formula is C26H46N2O. The van der Waals surface area contributed by atoms with Crippen molar-refractivity contribution < 1.29 is 5.11 Å². The third-order valence-electron chi connectivity index (χ3n) is 12.5. The Morgan fingerprint density at radius 3 is 2.17 bits per heavy atom. The van der Waals surface area contributed by atoms with Gasteiger partial charge in [0.2, 0.25) is 0 Å². The highest BCUT2D eigenvalue weighted by Crippen LogP contribution is 2.88. The van der Waals surface area contributed by atoms with Crippen molar-refractivity contribution in [3.05, 3.63) is 0 Å². The molecule has 166 valence electrons. The van der Waals surface area contributed by atoms with E-state index in [-0.39, 0.29) is 11.5 Å². The number of fused-ring (bicyclic) bond motifs is 2. The minimum atomic E-state index is -0.147. The van der Waals surface area contributed by atoms with Crippen LogP contribution >= 0.6 is 0 Å². The molecule has 0 heterocycles. The molecule has 10 atom stereocenters. The topological polar surface area (TPSA) is 44.3 Å². The second kappa shape index (κ2) is 6.01. The number of hydrogen-bond acceptors (Lipinski definition) is 3. The Balaban J connectivity index is 1.52. The summed E-state index contributed by atoms with van der Waals surface area (Å²) in [6.45, 7) is 12.6. The van der Waals surface area contributed by atoms with Crippen LogP contribution in [0.15, 0.2) is 0 Å². The summed E-state index contributed by atoms with van der Waals surface area (Å²) < 4.78 is 0. The lowest BCUT2D eigenvalue weighted by Crippen LogP contribution is -2.59. The van der Waals surface area contributed by atoms with Crippen LogP contribution in [-0.2, 0) is 0 Å². The summed E-state index contributed by atoms with van der Waals surface area (Å²) in [5, 5.41) is 18.4. The van der Waals surface area contributed by atoms with E-state index in [0.717, 1.165) is 18.3 Å². The largest absolute Gasteiger partial charge is 0.393 e. The zero-order valence-electron chi connectivity index (χ0n) is 20.1. The van der Waals surface area contributed by atoms with E-state index in [4.69, 9.17) is 0 Å². The summed E-state index contributed by atoms with van der Waals surface area (Å²) in [5.41, 5.74) is 2.14. The number of aliphatic hydroxyl groups excluding tert-OH is 1. The van der Waals surface area contributed by atoms with Gasteiger partial charge in [-0.05, 0) is 111 Å². The molecule has 5 aliphatic rings. The van der Waals surface area contributed by atoms with Gasteiger partial charge in [0.05, 0.1) is 6.10 Å². The van der Waals surface area contributed by atoms with Gasteiger partial charge in [0.15, 0.2) is 0 Å². The number of hydrogen-bond donors (Lipinski definition) is 3. The lowest BCUT2D eigenvalue weighted by atomic mass is 9.42. The molecule has 0 aromatic heterocycles. The molecule has 0 saturated heterocycles. The van der Waals surface area contributed by atoms with E-state index >= 15 is 0 Å². The van der Waals surface area contributed by atoms with Gasteiger partial charge in [0.1, 0.15) is 0 Å². The fraction of sp³-hybridized carbons (Fsp3) is 1.00. The molecule has 5 saturated carbocycles. The summed E-state index contributed by atoms with van der Waals surface area (Å²) in [6, 6.07) is 1.06. The normalized spacial score (nSPS) is 58.6. The molecule has 0 aromatic carbocycles. The first-order valence-corrected chi connectivity index (χ1v) is 12.6. The van der Waals surface area contributed by atoms with Gasteiger partial charge < -0.3 is 15.7 Å². The van der Waals surface area contributed by atoms with Crippen molar-refractivity contribution in [3.8, 4) is 0 Å². The third-order valence-corrected chi connectivity index (χ3v) is 12.5. The van der Waals surface area contributed by atoms with Gasteiger partial charge in [-0.25, -0.2) is 0 Å². The maximum atomic E-state index is 11.3. The van der Waals surface area contributed by atoms with Gasteiger partial charge in [0.25, 0.3) is 0 Å². The van der Waals surface area contributed by atoms with Crippen LogP contribution < -0.4 is 10.6 Å². The number of aliphatic hydroxyl groups is 1. The van der Waals surface area contributed by atoms with E-state index in [1.807, 2.05) is 0 Å². The Morgan fingerprint density at radius 1 is 0.862 bits per heavy atom. The summed E-state index contributed by atoms with van der Waals surface area (Å²) in [5.74, 6) is 2.08. The molecule has 0 aliphatic heterocycles. The quantitative estimate of drug-likeness (QED) is 0.647. The lowest BCUT2D eigenvalue weighted by molar-refractivity contribution is -0.144. The molecule has 2 spiro atoms. The molecule has 3 heteroatoms. The van der Waals surface area contributed by atoms with E-state index in [9.17, 15) is 5.11 Å². The number of rotatable bonds is 3. The van der Waals surface area contributed by atoms with E-state index < -0.39 is 0 Å². The van der Waals surface area contributed by atoms with E-state index in [1.165, 1.54) is 44.9 Å². The Morgan fingerprint density at radius 2 is 1.52 bits per heavy atom. The van der Waals surface area contributed by atoms with Crippen LogP contribution in [0.2, 0.25) is 0 Å². The van der Waals surface area contributed by atoms with Crippen molar-refractivity contribution in [2.24, 2.45) is 44.8 Å². The van der Waals surface area contributed by atoms with E-state index in [1.54, 1.807) is 0 Å². The fourth-order valence-corrected chi connectivity index (χ4v) is 11.1. The maximum absolute atomic E-state index is 11.3.